The molecule has 0 saturated carbocycles. The van der Waals surface area contributed by atoms with Gasteiger partial charge >= 0.3 is 0 Å². The van der Waals surface area contributed by atoms with Crippen molar-refractivity contribution < 1.29 is 0 Å². The van der Waals surface area contributed by atoms with Crippen LogP contribution < -0.4 is 0 Å². The molecular formula is C21H13BrN2S. The number of fused-ring (bicyclic) bond motifs is 5. The Morgan fingerprint density at radius 1 is 0.760 bits per heavy atom. The number of aromatic amines is 1. The Morgan fingerprint density at radius 2 is 1.40 bits per heavy atom. The second-order valence-electron chi connectivity index (χ2n) is 5.91. The number of imidazole rings is 1. The van der Waals surface area contributed by atoms with E-state index >= 15 is 0 Å². The Bertz CT molecular complexity index is 1020. The summed E-state index contributed by atoms with van der Waals surface area (Å²) in [6.07, 6.45) is 0. The average molecular weight is 405 g/mol. The van der Waals surface area contributed by atoms with Crippen LogP contribution in [0.1, 0.15) is 0 Å². The molecule has 0 bridgehead atoms. The molecule has 0 fully saturated rings. The van der Waals surface area contributed by atoms with E-state index in [-0.39, 0.29) is 0 Å². The van der Waals surface area contributed by atoms with Gasteiger partial charge in [0.2, 0.25) is 0 Å². The summed E-state index contributed by atoms with van der Waals surface area (Å²) in [5, 5.41) is 0. The van der Waals surface area contributed by atoms with Crippen LogP contribution in [0.3, 0.4) is 0 Å². The Balaban J connectivity index is 1.79. The summed E-state index contributed by atoms with van der Waals surface area (Å²) in [7, 11) is 0. The standard InChI is InChI=1S/C21H13BrN2S/c22-14-11-9-13(10-12-14)21-23-19-15-5-1-3-7-17(15)25-18-8-4-2-6-16(18)20(19)24-21/h1-12H,(H,23,24). The third kappa shape index (κ3) is 2.53. The van der Waals surface area contributed by atoms with E-state index in [1.54, 1.807) is 11.8 Å². The minimum atomic E-state index is 0.897. The molecule has 1 aliphatic heterocycles. The van der Waals surface area contributed by atoms with Crippen molar-refractivity contribution >= 4 is 27.7 Å². The van der Waals surface area contributed by atoms with E-state index in [9.17, 15) is 0 Å². The molecule has 0 saturated heterocycles. The van der Waals surface area contributed by atoms with Crippen LogP contribution >= 0.6 is 27.7 Å². The van der Waals surface area contributed by atoms with Gasteiger partial charge in [0.15, 0.2) is 0 Å². The highest BCUT2D eigenvalue weighted by atomic mass is 79.9. The molecule has 0 amide bonds. The summed E-state index contributed by atoms with van der Waals surface area (Å²) in [6.45, 7) is 0. The van der Waals surface area contributed by atoms with E-state index in [2.05, 4.69) is 81.6 Å². The Morgan fingerprint density at radius 3 is 2.16 bits per heavy atom. The summed E-state index contributed by atoms with van der Waals surface area (Å²) in [5.41, 5.74) is 5.57. The number of nitrogens with one attached hydrogen (secondary N) is 1. The molecule has 25 heavy (non-hydrogen) atoms. The quantitative estimate of drug-likeness (QED) is 0.339. The zero-order chi connectivity index (χ0) is 16.8. The fourth-order valence-corrected chi connectivity index (χ4v) is 4.49. The SMILES string of the molecule is Brc1ccc(-c2nc3c([nH]2)-c2ccccc2Sc2ccccc2-3)cc1. The number of rotatable bonds is 1. The topological polar surface area (TPSA) is 28.7 Å². The highest BCUT2D eigenvalue weighted by Crippen LogP contribution is 2.47. The molecule has 0 spiro atoms. The van der Waals surface area contributed by atoms with Crippen molar-refractivity contribution in [3.63, 3.8) is 0 Å². The van der Waals surface area contributed by atoms with Crippen LogP contribution in [-0.4, -0.2) is 9.97 Å². The monoisotopic (exact) mass is 404 g/mol. The third-order valence-electron chi connectivity index (χ3n) is 4.34. The fraction of sp³-hybridized carbons (Fsp3) is 0. The van der Waals surface area contributed by atoms with E-state index in [1.807, 2.05) is 12.1 Å². The van der Waals surface area contributed by atoms with E-state index in [0.717, 1.165) is 27.2 Å². The van der Waals surface area contributed by atoms with Crippen LogP contribution in [0.15, 0.2) is 87.1 Å². The molecule has 2 heterocycles. The van der Waals surface area contributed by atoms with Gasteiger partial charge in [-0.05, 0) is 24.3 Å². The van der Waals surface area contributed by atoms with Gasteiger partial charge in [0.05, 0.1) is 11.4 Å². The number of hydrogen-bond donors (Lipinski definition) is 1. The van der Waals surface area contributed by atoms with E-state index in [0.29, 0.717) is 0 Å². The van der Waals surface area contributed by atoms with Crippen molar-refractivity contribution in [3.05, 3.63) is 77.3 Å². The molecule has 1 N–H and O–H groups in total. The number of hydrogen-bond acceptors (Lipinski definition) is 2. The van der Waals surface area contributed by atoms with E-state index in [4.69, 9.17) is 4.98 Å². The molecule has 4 heteroatoms. The van der Waals surface area contributed by atoms with Crippen molar-refractivity contribution in [1.82, 2.24) is 9.97 Å². The van der Waals surface area contributed by atoms with Crippen LogP contribution in [-0.2, 0) is 0 Å². The molecule has 2 nitrogen and oxygen atoms in total. The minimum Gasteiger partial charge on any atom is -0.337 e. The van der Waals surface area contributed by atoms with Crippen LogP contribution in [0, 0.1) is 0 Å². The fourth-order valence-electron chi connectivity index (χ4n) is 3.14. The summed E-state index contributed by atoms with van der Waals surface area (Å²) in [6, 6.07) is 25.2. The maximum Gasteiger partial charge on any atom is 0.138 e. The molecule has 5 rings (SSSR count). The third-order valence-corrected chi connectivity index (χ3v) is 6.02. The number of halogens is 1. The predicted molar refractivity (Wildman–Crippen MR) is 107 cm³/mol. The van der Waals surface area contributed by atoms with Gasteiger partial charge in [0.25, 0.3) is 0 Å². The van der Waals surface area contributed by atoms with Gasteiger partial charge < -0.3 is 4.98 Å². The summed E-state index contributed by atoms with van der Waals surface area (Å²) in [5.74, 6) is 0.897. The molecule has 120 valence electrons. The maximum absolute atomic E-state index is 4.97. The first-order valence-corrected chi connectivity index (χ1v) is 9.63. The number of aromatic nitrogens is 2. The first-order valence-electron chi connectivity index (χ1n) is 8.02. The first kappa shape index (κ1) is 15.0. The number of benzene rings is 3. The predicted octanol–water partition coefficient (Wildman–Crippen LogP) is 6.64. The van der Waals surface area contributed by atoms with Gasteiger partial charge in [0, 0.05) is 31.0 Å². The smallest absolute Gasteiger partial charge is 0.138 e. The average Bonchev–Trinajstić information content (AvgIpc) is 3.03. The summed E-state index contributed by atoms with van der Waals surface area (Å²) in [4.78, 5) is 11.0. The molecule has 0 aliphatic carbocycles. The molecule has 3 aromatic carbocycles. The molecule has 1 aliphatic rings. The second-order valence-corrected chi connectivity index (χ2v) is 7.91. The van der Waals surface area contributed by atoms with Crippen LogP contribution in [0.5, 0.6) is 0 Å². The molecule has 0 atom stereocenters. The largest absolute Gasteiger partial charge is 0.337 e. The van der Waals surface area contributed by atoms with Gasteiger partial charge in [-0.2, -0.15) is 0 Å². The summed E-state index contributed by atoms with van der Waals surface area (Å²) < 4.78 is 1.07. The van der Waals surface area contributed by atoms with Crippen molar-refractivity contribution in [2.75, 3.05) is 0 Å². The highest BCUT2D eigenvalue weighted by molar-refractivity contribution is 9.10. The molecule has 0 radical (unpaired) electrons. The van der Waals surface area contributed by atoms with Gasteiger partial charge in [0.1, 0.15) is 5.82 Å². The van der Waals surface area contributed by atoms with Gasteiger partial charge in [-0.3, -0.25) is 0 Å². The first-order chi connectivity index (χ1) is 12.3. The van der Waals surface area contributed by atoms with Crippen LogP contribution in [0.25, 0.3) is 33.9 Å². The number of nitrogens with zero attached hydrogens (tertiary/aromatic N) is 1. The van der Waals surface area contributed by atoms with Gasteiger partial charge in [-0.25, -0.2) is 4.98 Å². The number of H-pyrrole nitrogens is 1. The lowest BCUT2D eigenvalue weighted by molar-refractivity contribution is 1.29. The van der Waals surface area contributed by atoms with E-state index in [1.165, 1.54) is 20.9 Å². The lowest BCUT2D eigenvalue weighted by Gasteiger charge is -2.05. The summed E-state index contributed by atoms with van der Waals surface area (Å²) >= 11 is 5.30. The maximum atomic E-state index is 4.97. The molecule has 0 unspecified atom stereocenters. The zero-order valence-corrected chi connectivity index (χ0v) is 15.6. The zero-order valence-electron chi connectivity index (χ0n) is 13.2. The Labute approximate surface area is 158 Å². The second kappa shape index (κ2) is 5.90. The molecule has 4 aromatic rings. The van der Waals surface area contributed by atoms with Crippen molar-refractivity contribution in [2.24, 2.45) is 0 Å². The van der Waals surface area contributed by atoms with Crippen LogP contribution in [0.2, 0.25) is 0 Å². The van der Waals surface area contributed by atoms with Crippen molar-refractivity contribution in [2.45, 2.75) is 9.79 Å². The van der Waals surface area contributed by atoms with Crippen molar-refractivity contribution in [3.8, 4) is 33.9 Å². The van der Waals surface area contributed by atoms with Crippen LogP contribution in [0.4, 0.5) is 0 Å². The lowest BCUT2D eigenvalue weighted by atomic mass is 10.1. The van der Waals surface area contributed by atoms with Gasteiger partial charge in [-0.15, -0.1) is 0 Å². The van der Waals surface area contributed by atoms with E-state index < -0.39 is 0 Å². The highest BCUT2D eigenvalue weighted by Gasteiger charge is 2.23. The normalized spacial score (nSPS) is 12.0. The molecular weight excluding hydrogens is 392 g/mol. The Hall–Kier alpha value is -2.30. The Kier molecular flexibility index (Phi) is 3.54. The lowest BCUT2D eigenvalue weighted by Crippen LogP contribution is -1.83. The van der Waals surface area contributed by atoms with Crippen molar-refractivity contribution in [1.29, 1.82) is 0 Å². The minimum absolute atomic E-state index is 0.897. The van der Waals surface area contributed by atoms with Gasteiger partial charge in [-0.1, -0.05) is 76.2 Å². The molecule has 1 aromatic heterocycles.